The molecule has 0 fully saturated rings. The number of benzene rings is 1. The Morgan fingerprint density at radius 1 is 1.24 bits per heavy atom. The number of aromatic nitrogens is 1. The van der Waals surface area contributed by atoms with Crippen molar-refractivity contribution in [3.63, 3.8) is 0 Å². The highest BCUT2D eigenvalue weighted by atomic mass is 32.2. The monoisotopic (exact) mass is 310 g/mol. The van der Waals surface area contributed by atoms with Crippen molar-refractivity contribution in [3.05, 3.63) is 36.1 Å². The van der Waals surface area contributed by atoms with E-state index in [1.165, 1.54) is 19.2 Å². The van der Waals surface area contributed by atoms with Crippen LogP contribution in [0.4, 0.5) is 5.82 Å². The Hall–Kier alpha value is -2.02. The molecular formula is C14H18N2O4S. The average Bonchev–Trinajstić information content (AvgIpc) is 2.86. The lowest BCUT2D eigenvalue weighted by atomic mass is 9.93. The van der Waals surface area contributed by atoms with Crippen molar-refractivity contribution >= 4 is 15.8 Å². The van der Waals surface area contributed by atoms with Gasteiger partial charge < -0.3 is 9.26 Å². The summed E-state index contributed by atoms with van der Waals surface area (Å²) in [5, 5.41) is 3.74. The van der Waals surface area contributed by atoms with Crippen LogP contribution in [0.1, 0.15) is 26.5 Å². The predicted molar refractivity (Wildman–Crippen MR) is 79.0 cm³/mol. The zero-order valence-electron chi connectivity index (χ0n) is 12.4. The average molecular weight is 310 g/mol. The van der Waals surface area contributed by atoms with Crippen LogP contribution < -0.4 is 9.46 Å². The zero-order valence-corrected chi connectivity index (χ0v) is 13.2. The second-order valence-corrected chi connectivity index (χ2v) is 7.29. The third kappa shape index (κ3) is 3.55. The number of hydrogen-bond donors (Lipinski definition) is 1. The van der Waals surface area contributed by atoms with Gasteiger partial charge in [0.15, 0.2) is 5.82 Å². The summed E-state index contributed by atoms with van der Waals surface area (Å²) in [7, 11) is -2.25. The van der Waals surface area contributed by atoms with Gasteiger partial charge in [-0.05, 0) is 12.1 Å². The molecule has 2 aromatic rings. The van der Waals surface area contributed by atoms with E-state index in [0.29, 0.717) is 11.5 Å². The fourth-order valence-electron chi connectivity index (χ4n) is 1.64. The minimum absolute atomic E-state index is 0.0992. The molecule has 0 aliphatic rings. The largest absolute Gasteiger partial charge is 0.497 e. The van der Waals surface area contributed by atoms with Gasteiger partial charge in [-0.2, -0.15) is 0 Å². The molecule has 21 heavy (non-hydrogen) atoms. The molecule has 0 atom stereocenters. The second kappa shape index (κ2) is 5.40. The molecule has 1 N–H and O–H groups in total. The maximum absolute atomic E-state index is 12.3. The van der Waals surface area contributed by atoms with Crippen LogP contribution >= 0.6 is 0 Å². The molecule has 6 nitrogen and oxygen atoms in total. The van der Waals surface area contributed by atoms with Crippen LogP contribution in [0.15, 0.2) is 39.8 Å². The Bertz CT molecular complexity index is 729. The molecule has 0 bridgehead atoms. The molecule has 7 heteroatoms. The standard InChI is InChI=1S/C14H18N2O4S/c1-14(2,3)12-9-13(15-20-12)16-21(17,18)11-7-5-6-10(8-11)19-4/h5-9H,1-4H3,(H,15,16). The van der Waals surface area contributed by atoms with Gasteiger partial charge in [-0.15, -0.1) is 0 Å². The Labute approximate surface area is 124 Å². The van der Waals surface area contributed by atoms with Crippen LogP contribution in [0, 0.1) is 0 Å². The van der Waals surface area contributed by atoms with E-state index in [1.54, 1.807) is 18.2 Å². The fourth-order valence-corrected chi connectivity index (χ4v) is 2.66. The minimum Gasteiger partial charge on any atom is -0.497 e. The van der Waals surface area contributed by atoms with E-state index in [-0.39, 0.29) is 16.1 Å². The smallest absolute Gasteiger partial charge is 0.263 e. The van der Waals surface area contributed by atoms with E-state index in [4.69, 9.17) is 9.26 Å². The van der Waals surface area contributed by atoms with Crippen molar-refractivity contribution in [3.8, 4) is 5.75 Å². The number of hydrogen-bond acceptors (Lipinski definition) is 5. The van der Waals surface area contributed by atoms with Gasteiger partial charge in [-0.3, -0.25) is 4.72 Å². The van der Waals surface area contributed by atoms with Crippen LogP contribution in [0.3, 0.4) is 0 Å². The lowest BCUT2D eigenvalue weighted by Crippen LogP contribution is -2.13. The minimum atomic E-state index is -3.73. The summed E-state index contributed by atoms with van der Waals surface area (Å²) in [5.74, 6) is 1.22. The first-order valence-electron chi connectivity index (χ1n) is 6.36. The molecule has 0 aliphatic heterocycles. The van der Waals surface area contributed by atoms with E-state index in [0.717, 1.165) is 0 Å². The second-order valence-electron chi connectivity index (χ2n) is 5.61. The number of nitrogens with zero attached hydrogens (tertiary/aromatic N) is 1. The van der Waals surface area contributed by atoms with Crippen LogP contribution in [-0.4, -0.2) is 20.7 Å². The molecule has 0 aliphatic carbocycles. The molecule has 1 heterocycles. The molecule has 0 radical (unpaired) electrons. The summed E-state index contributed by atoms with van der Waals surface area (Å²) in [6.07, 6.45) is 0. The van der Waals surface area contributed by atoms with Gasteiger partial charge in [-0.1, -0.05) is 32.0 Å². The Balaban J connectivity index is 2.27. The number of sulfonamides is 1. The van der Waals surface area contributed by atoms with E-state index in [1.807, 2.05) is 20.8 Å². The highest BCUT2D eigenvalue weighted by Crippen LogP contribution is 2.26. The van der Waals surface area contributed by atoms with E-state index in [2.05, 4.69) is 9.88 Å². The van der Waals surface area contributed by atoms with Crippen LogP contribution in [0.2, 0.25) is 0 Å². The summed E-state index contributed by atoms with van der Waals surface area (Å²) in [5.41, 5.74) is -0.243. The molecular weight excluding hydrogens is 292 g/mol. The molecule has 0 saturated carbocycles. The third-order valence-corrected chi connectivity index (χ3v) is 4.19. The number of ether oxygens (including phenoxy) is 1. The van der Waals surface area contributed by atoms with E-state index >= 15 is 0 Å². The van der Waals surface area contributed by atoms with E-state index < -0.39 is 10.0 Å². The Morgan fingerprint density at radius 3 is 2.52 bits per heavy atom. The molecule has 1 aromatic carbocycles. The quantitative estimate of drug-likeness (QED) is 0.939. The van der Waals surface area contributed by atoms with Crippen molar-refractivity contribution in [1.82, 2.24) is 5.16 Å². The van der Waals surface area contributed by atoms with Crippen LogP contribution in [0.25, 0.3) is 0 Å². The number of nitrogens with one attached hydrogen (secondary N) is 1. The highest BCUT2D eigenvalue weighted by Gasteiger charge is 2.22. The van der Waals surface area contributed by atoms with Crippen LogP contribution in [0.5, 0.6) is 5.75 Å². The first-order chi connectivity index (χ1) is 9.72. The van der Waals surface area contributed by atoms with Gasteiger partial charge >= 0.3 is 0 Å². The molecule has 2 rings (SSSR count). The topological polar surface area (TPSA) is 81.4 Å². The summed E-state index contributed by atoms with van der Waals surface area (Å²) in [6.45, 7) is 5.86. The third-order valence-electron chi connectivity index (χ3n) is 2.84. The van der Waals surface area contributed by atoms with Crippen molar-refractivity contribution in [2.45, 2.75) is 31.1 Å². The van der Waals surface area contributed by atoms with Gasteiger partial charge in [-0.25, -0.2) is 8.42 Å². The molecule has 114 valence electrons. The van der Waals surface area contributed by atoms with Gasteiger partial charge in [0.2, 0.25) is 0 Å². The summed E-state index contributed by atoms with van der Waals surface area (Å²) in [6, 6.07) is 7.78. The van der Waals surface area contributed by atoms with Crippen LogP contribution in [-0.2, 0) is 15.4 Å². The highest BCUT2D eigenvalue weighted by molar-refractivity contribution is 7.92. The van der Waals surface area contributed by atoms with Crippen molar-refractivity contribution in [2.75, 3.05) is 11.8 Å². The summed E-state index contributed by atoms with van der Waals surface area (Å²) >= 11 is 0. The number of methoxy groups -OCH3 is 1. The maximum atomic E-state index is 12.3. The zero-order chi connectivity index (χ0) is 15.7. The van der Waals surface area contributed by atoms with E-state index in [9.17, 15) is 8.42 Å². The summed E-state index contributed by atoms with van der Waals surface area (Å²) in [4.78, 5) is 0.0992. The lowest BCUT2D eigenvalue weighted by molar-refractivity contribution is 0.331. The van der Waals surface area contributed by atoms with Crippen molar-refractivity contribution in [1.29, 1.82) is 0 Å². The number of rotatable bonds is 4. The lowest BCUT2D eigenvalue weighted by Gasteiger charge is -2.12. The summed E-state index contributed by atoms with van der Waals surface area (Å²) < 4.78 is 37.1. The maximum Gasteiger partial charge on any atom is 0.263 e. The SMILES string of the molecule is COc1cccc(S(=O)(=O)Nc2cc(C(C)(C)C)on2)c1. The van der Waals surface area contributed by atoms with Gasteiger partial charge in [0.1, 0.15) is 11.5 Å². The first-order valence-corrected chi connectivity index (χ1v) is 7.85. The fraction of sp³-hybridized carbons (Fsp3) is 0.357. The normalized spacial score (nSPS) is 12.2. The van der Waals surface area contributed by atoms with Gasteiger partial charge in [0.05, 0.1) is 12.0 Å². The van der Waals surface area contributed by atoms with Gasteiger partial charge in [0, 0.05) is 17.5 Å². The molecule has 0 spiro atoms. The molecule has 0 saturated heterocycles. The molecule has 1 aromatic heterocycles. The van der Waals surface area contributed by atoms with Crippen molar-refractivity contribution in [2.24, 2.45) is 0 Å². The first kappa shape index (κ1) is 15.4. The van der Waals surface area contributed by atoms with Gasteiger partial charge in [0.25, 0.3) is 10.0 Å². The number of anilines is 1. The molecule has 0 amide bonds. The van der Waals surface area contributed by atoms with Crippen molar-refractivity contribution < 1.29 is 17.7 Å². The Morgan fingerprint density at radius 2 is 1.95 bits per heavy atom. The molecule has 0 unspecified atom stereocenters. The Kier molecular flexibility index (Phi) is 3.95. The predicted octanol–water partition coefficient (Wildman–Crippen LogP) is 2.78.